The second-order valence-corrected chi connectivity index (χ2v) is 10.1. The molecule has 1 fully saturated rings. The summed E-state index contributed by atoms with van der Waals surface area (Å²) in [6.45, 7) is 10.8. The molecule has 0 bridgehead atoms. The van der Waals surface area contributed by atoms with Crippen molar-refractivity contribution in [1.82, 2.24) is 4.90 Å². The molecule has 0 aliphatic heterocycles. The molecule has 3 rings (SSSR count). The zero-order valence-electron chi connectivity index (χ0n) is 19.4. The Kier molecular flexibility index (Phi) is 7.96. The maximum atomic E-state index is 5.90. The van der Waals surface area contributed by atoms with Crippen LogP contribution in [0, 0.1) is 11.8 Å². The van der Waals surface area contributed by atoms with Crippen molar-refractivity contribution in [2.75, 3.05) is 20.2 Å². The fourth-order valence-corrected chi connectivity index (χ4v) is 4.56. The molecule has 2 aromatic carbocycles. The minimum absolute atomic E-state index is 0.197. The summed E-state index contributed by atoms with van der Waals surface area (Å²) in [5.74, 6) is 2.43. The van der Waals surface area contributed by atoms with E-state index in [1.54, 1.807) is 7.11 Å². The lowest BCUT2D eigenvalue weighted by molar-refractivity contribution is 0.170. The number of benzene rings is 2. The average molecular weight is 409 g/mol. The number of hydrogen-bond acceptors (Lipinski definition) is 3. The Balaban J connectivity index is 1.69. The van der Waals surface area contributed by atoms with Gasteiger partial charge in [0.1, 0.15) is 5.75 Å². The predicted molar refractivity (Wildman–Crippen MR) is 127 cm³/mol. The molecule has 3 heteroatoms. The fourth-order valence-electron chi connectivity index (χ4n) is 4.56. The number of nitrogens with zero attached hydrogens (tertiary/aromatic N) is 1. The quantitative estimate of drug-likeness (QED) is 0.603. The number of nitrogens with two attached hydrogens (primary N) is 1. The lowest BCUT2D eigenvalue weighted by atomic mass is 9.81. The van der Waals surface area contributed by atoms with Gasteiger partial charge in [0, 0.05) is 19.6 Å². The second kappa shape index (κ2) is 10.5. The first-order chi connectivity index (χ1) is 14.4. The maximum Gasteiger partial charge on any atom is 0.118 e. The van der Waals surface area contributed by atoms with Crippen LogP contribution in [0.2, 0.25) is 0 Å². The van der Waals surface area contributed by atoms with Gasteiger partial charge in [0.25, 0.3) is 0 Å². The van der Waals surface area contributed by atoms with Gasteiger partial charge in [-0.15, -0.1) is 0 Å². The number of hydrogen-bond donors (Lipinski definition) is 1. The van der Waals surface area contributed by atoms with E-state index in [0.717, 1.165) is 43.8 Å². The van der Waals surface area contributed by atoms with E-state index in [-0.39, 0.29) is 5.41 Å². The summed E-state index contributed by atoms with van der Waals surface area (Å²) in [7, 11) is 1.72. The van der Waals surface area contributed by atoms with Gasteiger partial charge in [-0.2, -0.15) is 0 Å². The summed E-state index contributed by atoms with van der Waals surface area (Å²) < 4.78 is 5.33. The van der Waals surface area contributed by atoms with E-state index in [1.165, 1.54) is 42.4 Å². The molecule has 2 aromatic rings. The molecule has 0 amide bonds. The minimum atomic E-state index is 0.197. The molecule has 1 aliphatic rings. The third-order valence-corrected chi connectivity index (χ3v) is 6.61. The zero-order chi connectivity index (χ0) is 21.6. The molecule has 0 atom stereocenters. The highest BCUT2D eigenvalue weighted by Crippen LogP contribution is 2.30. The SMILES string of the molecule is COc1ccc(CN(Cc2ccc(C(C)(C)C)cc2)CC2CCC(CN)CC2)cc1. The lowest BCUT2D eigenvalue weighted by Gasteiger charge is -2.32. The van der Waals surface area contributed by atoms with Gasteiger partial charge in [0.15, 0.2) is 0 Å². The van der Waals surface area contributed by atoms with Crippen LogP contribution in [-0.4, -0.2) is 25.1 Å². The average Bonchev–Trinajstić information content (AvgIpc) is 2.74. The summed E-state index contributed by atoms with van der Waals surface area (Å²) in [5, 5.41) is 0. The van der Waals surface area contributed by atoms with Crippen molar-refractivity contribution in [3.05, 3.63) is 65.2 Å². The van der Waals surface area contributed by atoms with E-state index in [4.69, 9.17) is 10.5 Å². The van der Waals surface area contributed by atoms with Crippen molar-refractivity contribution >= 4 is 0 Å². The molecule has 1 saturated carbocycles. The molecular formula is C27H40N2O. The molecule has 0 radical (unpaired) electrons. The molecule has 2 N–H and O–H groups in total. The monoisotopic (exact) mass is 408 g/mol. The molecule has 164 valence electrons. The third-order valence-electron chi connectivity index (χ3n) is 6.61. The van der Waals surface area contributed by atoms with Crippen LogP contribution in [0.15, 0.2) is 48.5 Å². The van der Waals surface area contributed by atoms with Crippen LogP contribution in [0.3, 0.4) is 0 Å². The first-order valence-electron chi connectivity index (χ1n) is 11.5. The van der Waals surface area contributed by atoms with Gasteiger partial charge in [-0.25, -0.2) is 0 Å². The first-order valence-corrected chi connectivity index (χ1v) is 11.5. The van der Waals surface area contributed by atoms with E-state index in [0.29, 0.717) is 0 Å². The summed E-state index contributed by atoms with van der Waals surface area (Å²) in [6, 6.07) is 17.7. The van der Waals surface area contributed by atoms with Crippen molar-refractivity contribution in [1.29, 1.82) is 0 Å². The van der Waals surface area contributed by atoms with Crippen molar-refractivity contribution in [2.24, 2.45) is 17.6 Å². The molecule has 0 saturated heterocycles. The predicted octanol–water partition coefficient (Wildman–Crippen LogP) is 5.76. The largest absolute Gasteiger partial charge is 0.497 e. The van der Waals surface area contributed by atoms with Crippen molar-refractivity contribution in [3.8, 4) is 5.75 Å². The van der Waals surface area contributed by atoms with Gasteiger partial charge < -0.3 is 10.5 Å². The van der Waals surface area contributed by atoms with Gasteiger partial charge in [0.05, 0.1) is 7.11 Å². The van der Waals surface area contributed by atoms with Gasteiger partial charge in [-0.3, -0.25) is 4.90 Å². The van der Waals surface area contributed by atoms with Gasteiger partial charge in [-0.05, 0) is 78.3 Å². The highest BCUT2D eigenvalue weighted by Gasteiger charge is 2.22. The van der Waals surface area contributed by atoms with E-state index < -0.39 is 0 Å². The first kappa shape index (κ1) is 22.8. The Morgan fingerprint density at radius 2 is 1.33 bits per heavy atom. The molecule has 0 heterocycles. The molecule has 0 spiro atoms. The Labute approximate surface area is 183 Å². The number of ether oxygens (including phenoxy) is 1. The summed E-state index contributed by atoms with van der Waals surface area (Å²) >= 11 is 0. The smallest absolute Gasteiger partial charge is 0.118 e. The minimum Gasteiger partial charge on any atom is -0.497 e. The van der Waals surface area contributed by atoms with Crippen LogP contribution in [0.5, 0.6) is 5.75 Å². The van der Waals surface area contributed by atoms with E-state index in [1.807, 2.05) is 0 Å². The van der Waals surface area contributed by atoms with E-state index in [2.05, 4.69) is 74.2 Å². The number of methoxy groups -OCH3 is 1. The number of rotatable bonds is 8. The van der Waals surface area contributed by atoms with Crippen LogP contribution >= 0.6 is 0 Å². The van der Waals surface area contributed by atoms with E-state index in [9.17, 15) is 0 Å². The summed E-state index contributed by atoms with van der Waals surface area (Å²) in [6.07, 6.45) is 5.20. The lowest BCUT2D eigenvalue weighted by Crippen LogP contribution is -2.32. The highest BCUT2D eigenvalue weighted by atomic mass is 16.5. The van der Waals surface area contributed by atoms with Crippen LogP contribution in [-0.2, 0) is 18.5 Å². The van der Waals surface area contributed by atoms with Crippen molar-refractivity contribution < 1.29 is 4.74 Å². The van der Waals surface area contributed by atoms with Crippen LogP contribution in [0.25, 0.3) is 0 Å². The molecule has 0 unspecified atom stereocenters. The fraction of sp³-hybridized carbons (Fsp3) is 0.556. The van der Waals surface area contributed by atoms with Crippen LogP contribution < -0.4 is 10.5 Å². The van der Waals surface area contributed by atoms with Crippen LogP contribution in [0.1, 0.15) is 63.1 Å². The molecule has 3 nitrogen and oxygen atoms in total. The molecule has 30 heavy (non-hydrogen) atoms. The zero-order valence-corrected chi connectivity index (χ0v) is 19.4. The van der Waals surface area contributed by atoms with Gasteiger partial charge >= 0.3 is 0 Å². The van der Waals surface area contributed by atoms with Crippen LogP contribution in [0.4, 0.5) is 0 Å². The Hall–Kier alpha value is -1.84. The third kappa shape index (κ3) is 6.58. The Morgan fingerprint density at radius 3 is 1.80 bits per heavy atom. The Bertz CT molecular complexity index is 753. The summed E-state index contributed by atoms with van der Waals surface area (Å²) in [5.41, 5.74) is 10.2. The van der Waals surface area contributed by atoms with Gasteiger partial charge in [-0.1, -0.05) is 57.2 Å². The standard InChI is InChI=1S/C27H40N2O/c1-27(2,3)25-13-9-23(10-14-25)19-29(18-22-7-5-21(17-28)6-8-22)20-24-11-15-26(30-4)16-12-24/h9-16,21-22H,5-8,17-20,28H2,1-4H3. The molecule has 1 aliphatic carbocycles. The van der Waals surface area contributed by atoms with Crippen molar-refractivity contribution in [3.63, 3.8) is 0 Å². The molecular weight excluding hydrogens is 368 g/mol. The highest BCUT2D eigenvalue weighted by molar-refractivity contribution is 5.29. The van der Waals surface area contributed by atoms with E-state index >= 15 is 0 Å². The van der Waals surface area contributed by atoms with Gasteiger partial charge in [0.2, 0.25) is 0 Å². The second-order valence-electron chi connectivity index (χ2n) is 10.1. The molecule has 0 aromatic heterocycles. The Morgan fingerprint density at radius 1 is 0.833 bits per heavy atom. The summed E-state index contributed by atoms with van der Waals surface area (Å²) in [4.78, 5) is 2.63. The van der Waals surface area contributed by atoms with Crippen molar-refractivity contribution in [2.45, 2.75) is 65.0 Å². The maximum absolute atomic E-state index is 5.90. The topological polar surface area (TPSA) is 38.5 Å². The normalized spacial score (nSPS) is 19.8.